The fraction of sp³-hybridized carbons (Fsp3) is 0.105. The molecular formula is C19H16ClN3O3S. The third kappa shape index (κ3) is 5.06. The number of hydrogen-bond donors (Lipinski definition) is 2. The molecule has 2 amide bonds. The van der Waals surface area contributed by atoms with Gasteiger partial charge in [0.2, 0.25) is 0 Å². The topological polar surface area (TPSA) is 94.3 Å². The van der Waals surface area contributed by atoms with Gasteiger partial charge in [-0.2, -0.15) is 0 Å². The Morgan fingerprint density at radius 2 is 1.89 bits per heavy atom. The molecular weight excluding hydrogens is 386 g/mol. The van der Waals surface area contributed by atoms with Crippen molar-refractivity contribution >= 4 is 39.9 Å². The van der Waals surface area contributed by atoms with E-state index in [4.69, 9.17) is 22.1 Å². The van der Waals surface area contributed by atoms with Crippen molar-refractivity contribution in [3.63, 3.8) is 0 Å². The molecule has 2 aromatic carbocycles. The van der Waals surface area contributed by atoms with Gasteiger partial charge in [0, 0.05) is 22.5 Å². The van der Waals surface area contributed by atoms with E-state index in [1.807, 2.05) is 24.3 Å². The molecule has 6 nitrogen and oxygen atoms in total. The van der Waals surface area contributed by atoms with Crippen LogP contribution in [0.2, 0.25) is 5.02 Å². The molecule has 0 spiro atoms. The lowest BCUT2D eigenvalue weighted by atomic mass is 10.1. The van der Waals surface area contributed by atoms with Gasteiger partial charge in [0.25, 0.3) is 11.8 Å². The maximum absolute atomic E-state index is 12.5. The number of ether oxygens (including phenoxy) is 1. The van der Waals surface area contributed by atoms with Gasteiger partial charge in [-0.3, -0.25) is 14.9 Å². The highest BCUT2D eigenvalue weighted by atomic mass is 35.5. The Kier molecular flexibility index (Phi) is 6.05. The molecule has 1 heterocycles. The number of hydrogen-bond acceptors (Lipinski definition) is 5. The Morgan fingerprint density at radius 3 is 2.67 bits per heavy atom. The van der Waals surface area contributed by atoms with Crippen LogP contribution in [0.1, 0.15) is 20.8 Å². The number of aromatic nitrogens is 1. The van der Waals surface area contributed by atoms with Crippen molar-refractivity contribution in [2.24, 2.45) is 5.73 Å². The largest absolute Gasteiger partial charge is 0.483 e. The smallest absolute Gasteiger partial charge is 0.261 e. The van der Waals surface area contributed by atoms with Gasteiger partial charge in [0.15, 0.2) is 11.7 Å². The number of amides is 2. The summed E-state index contributed by atoms with van der Waals surface area (Å²) in [6.07, 6.45) is 2.34. The van der Waals surface area contributed by atoms with E-state index >= 15 is 0 Å². The predicted molar refractivity (Wildman–Crippen MR) is 105 cm³/mol. The normalized spacial score (nSPS) is 10.4. The number of nitrogens with zero attached hydrogens (tertiary/aromatic N) is 1. The van der Waals surface area contributed by atoms with Gasteiger partial charge in [-0.15, -0.1) is 11.3 Å². The highest BCUT2D eigenvalue weighted by Gasteiger charge is 2.15. The molecule has 0 bridgehead atoms. The maximum Gasteiger partial charge on any atom is 0.261 e. The van der Waals surface area contributed by atoms with Crippen LogP contribution in [0.4, 0.5) is 5.13 Å². The van der Waals surface area contributed by atoms with Gasteiger partial charge in [0.1, 0.15) is 5.75 Å². The molecule has 0 saturated heterocycles. The number of thiazole rings is 1. The van der Waals surface area contributed by atoms with Crippen molar-refractivity contribution in [2.75, 3.05) is 11.9 Å². The summed E-state index contributed by atoms with van der Waals surface area (Å²) >= 11 is 7.55. The van der Waals surface area contributed by atoms with Gasteiger partial charge in [-0.05, 0) is 23.8 Å². The Morgan fingerprint density at radius 1 is 1.15 bits per heavy atom. The minimum Gasteiger partial charge on any atom is -0.483 e. The summed E-state index contributed by atoms with van der Waals surface area (Å²) in [5, 5.41) is 3.90. The first-order valence-electron chi connectivity index (χ1n) is 8.02. The number of rotatable bonds is 7. The summed E-state index contributed by atoms with van der Waals surface area (Å²) in [6, 6.07) is 14.2. The number of carbonyl (C=O) groups is 2. The second-order valence-electron chi connectivity index (χ2n) is 5.61. The number of para-hydroxylation sites is 1. The van der Waals surface area contributed by atoms with E-state index in [9.17, 15) is 9.59 Å². The van der Waals surface area contributed by atoms with Gasteiger partial charge in [-0.25, -0.2) is 4.98 Å². The molecule has 0 aliphatic heterocycles. The standard InChI is InChI=1S/C19H16ClN3O3S/c20-15-7-3-1-5-12(15)9-13-10-22-19(27-13)23-18(25)14-6-2-4-8-16(14)26-11-17(21)24/h1-8,10H,9,11H2,(H2,21,24)(H,22,23,25). The Hall–Kier alpha value is -2.90. The second kappa shape index (κ2) is 8.66. The van der Waals surface area contributed by atoms with Crippen LogP contribution in [0.15, 0.2) is 54.7 Å². The Labute approximate surface area is 164 Å². The lowest BCUT2D eigenvalue weighted by molar-refractivity contribution is -0.119. The molecule has 27 heavy (non-hydrogen) atoms. The van der Waals surface area contributed by atoms with Crippen molar-refractivity contribution in [2.45, 2.75) is 6.42 Å². The van der Waals surface area contributed by atoms with Crippen LogP contribution < -0.4 is 15.8 Å². The molecule has 0 atom stereocenters. The third-order valence-corrected chi connectivity index (χ3v) is 4.88. The van der Waals surface area contributed by atoms with E-state index in [1.54, 1.807) is 30.5 Å². The van der Waals surface area contributed by atoms with Crippen molar-refractivity contribution in [3.8, 4) is 5.75 Å². The first kappa shape index (κ1) is 18.9. The zero-order valence-corrected chi connectivity index (χ0v) is 15.7. The van der Waals surface area contributed by atoms with Crippen LogP contribution in [0.3, 0.4) is 0 Å². The number of nitrogens with one attached hydrogen (secondary N) is 1. The number of nitrogens with two attached hydrogens (primary N) is 1. The second-order valence-corrected chi connectivity index (χ2v) is 7.13. The van der Waals surface area contributed by atoms with Crippen LogP contribution in [0.5, 0.6) is 5.75 Å². The van der Waals surface area contributed by atoms with Gasteiger partial charge in [0.05, 0.1) is 5.56 Å². The molecule has 0 saturated carbocycles. The molecule has 3 rings (SSSR count). The summed E-state index contributed by atoms with van der Waals surface area (Å²) in [6.45, 7) is -0.302. The number of primary amides is 1. The van der Waals surface area contributed by atoms with Crippen molar-refractivity contribution in [1.29, 1.82) is 0 Å². The molecule has 8 heteroatoms. The number of anilines is 1. The molecule has 138 valence electrons. The van der Waals surface area contributed by atoms with Crippen molar-refractivity contribution < 1.29 is 14.3 Å². The fourth-order valence-corrected chi connectivity index (χ4v) is 3.40. The minimum atomic E-state index is -0.616. The van der Waals surface area contributed by atoms with Crippen LogP contribution >= 0.6 is 22.9 Å². The molecule has 3 N–H and O–H groups in total. The van der Waals surface area contributed by atoms with Gasteiger partial charge in [-0.1, -0.05) is 41.9 Å². The highest BCUT2D eigenvalue weighted by molar-refractivity contribution is 7.15. The van der Waals surface area contributed by atoms with Crippen molar-refractivity contribution in [1.82, 2.24) is 4.98 Å². The van der Waals surface area contributed by atoms with E-state index in [2.05, 4.69) is 10.3 Å². The lowest BCUT2D eigenvalue weighted by Gasteiger charge is -2.09. The van der Waals surface area contributed by atoms with E-state index < -0.39 is 5.91 Å². The van der Waals surface area contributed by atoms with Crippen LogP contribution in [-0.2, 0) is 11.2 Å². The lowest BCUT2D eigenvalue weighted by Crippen LogP contribution is -2.21. The fourth-order valence-electron chi connectivity index (χ4n) is 2.37. The monoisotopic (exact) mass is 401 g/mol. The van der Waals surface area contributed by atoms with Crippen LogP contribution in [0.25, 0.3) is 0 Å². The number of carbonyl (C=O) groups excluding carboxylic acids is 2. The third-order valence-electron chi connectivity index (χ3n) is 3.60. The van der Waals surface area contributed by atoms with E-state index in [-0.39, 0.29) is 18.3 Å². The predicted octanol–water partition coefficient (Wildman–Crippen LogP) is 3.50. The quantitative estimate of drug-likeness (QED) is 0.633. The van der Waals surface area contributed by atoms with Gasteiger partial charge >= 0.3 is 0 Å². The molecule has 0 fully saturated rings. The summed E-state index contributed by atoms with van der Waals surface area (Å²) in [5.74, 6) is -0.718. The molecule has 0 aliphatic carbocycles. The zero-order valence-electron chi connectivity index (χ0n) is 14.1. The minimum absolute atomic E-state index is 0.279. The first-order chi connectivity index (χ1) is 13.0. The zero-order chi connectivity index (χ0) is 19.2. The number of halogens is 1. The summed E-state index contributed by atoms with van der Waals surface area (Å²) < 4.78 is 5.29. The SMILES string of the molecule is NC(=O)COc1ccccc1C(=O)Nc1ncc(Cc2ccccc2Cl)s1. The van der Waals surface area contributed by atoms with Crippen LogP contribution in [0, 0.1) is 0 Å². The first-order valence-corrected chi connectivity index (χ1v) is 9.22. The molecule has 0 unspecified atom stereocenters. The van der Waals surface area contributed by atoms with E-state index in [1.165, 1.54) is 11.3 Å². The van der Waals surface area contributed by atoms with Crippen LogP contribution in [-0.4, -0.2) is 23.4 Å². The average molecular weight is 402 g/mol. The molecule has 3 aromatic rings. The molecule has 0 radical (unpaired) electrons. The van der Waals surface area contributed by atoms with Crippen molar-refractivity contribution in [3.05, 3.63) is 75.8 Å². The summed E-state index contributed by atoms with van der Waals surface area (Å²) in [7, 11) is 0. The average Bonchev–Trinajstić information content (AvgIpc) is 3.09. The summed E-state index contributed by atoms with van der Waals surface area (Å²) in [5.41, 5.74) is 6.37. The highest BCUT2D eigenvalue weighted by Crippen LogP contribution is 2.26. The maximum atomic E-state index is 12.5. The van der Waals surface area contributed by atoms with E-state index in [0.717, 1.165) is 10.4 Å². The van der Waals surface area contributed by atoms with E-state index in [0.29, 0.717) is 22.1 Å². The molecule has 0 aliphatic rings. The summed E-state index contributed by atoms with van der Waals surface area (Å²) in [4.78, 5) is 28.6. The Balaban J connectivity index is 1.70. The number of benzene rings is 2. The van der Waals surface area contributed by atoms with Gasteiger partial charge < -0.3 is 10.5 Å². The molecule has 1 aromatic heterocycles. The Bertz CT molecular complexity index is 974.